The lowest BCUT2D eigenvalue weighted by Gasteiger charge is -2.29. The molecule has 3 rings (SSSR count). The molecule has 2 heterocycles. The van der Waals surface area contributed by atoms with Crippen LogP contribution in [0, 0.1) is 16.7 Å². The van der Waals surface area contributed by atoms with Gasteiger partial charge in [-0.25, -0.2) is 8.78 Å². The van der Waals surface area contributed by atoms with Crippen LogP contribution in [0.15, 0.2) is 12.1 Å². The van der Waals surface area contributed by atoms with Crippen molar-refractivity contribution in [1.82, 2.24) is 9.80 Å². The fourth-order valence-corrected chi connectivity index (χ4v) is 4.15. The second-order valence-corrected chi connectivity index (χ2v) is 9.68. The summed E-state index contributed by atoms with van der Waals surface area (Å²) >= 11 is 0. The van der Waals surface area contributed by atoms with Crippen LogP contribution in [0.4, 0.5) is 8.78 Å². The van der Waals surface area contributed by atoms with Crippen LogP contribution in [0.5, 0.6) is 17.2 Å². The summed E-state index contributed by atoms with van der Waals surface area (Å²) < 4.78 is 44.9. The first-order valence-electron chi connectivity index (χ1n) is 11.2. The van der Waals surface area contributed by atoms with Gasteiger partial charge in [0.25, 0.3) is 11.8 Å². The van der Waals surface area contributed by atoms with Crippen molar-refractivity contribution in [3.05, 3.63) is 17.7 Å². The van der Waals surface area contributed by atoms with Gasteiger partial charge in [-0.15, -0.1) is 0 Å². The molecule has 2 amide bonds. The Morgan fingerprint density at radius 2 is 1.77 bits per heavy atom. The zero-order valence-electron chi connectivity index (χ0n) is 20.4. The lowest BCUT2D eigenvalue weighted by Crippen LogP contribution is -2.49. The number of nitrogens with zero attached hydrogens (tertiary/aromatic N) is 3. The number of hydrogen-bond donors (Lipinski definition) is 0. The third-order valence-corrected chi connectivity index (χ3v) is 6.01. The van der Waals surface area contributed by atoms with Gasteiger partial charge in [0.15, 0.2) is 11.5 Å². The molecule has 0 bridgehead atoms. The molecule has 0 spiro atoms. The largest absolute Gasteiger partial charge is 0.493 e. The van der Waals surface area contributed by atoms with E-state index in [1.54, 1.807) is 20.8 Å². The standard InChI is InChI=1S/C24H29F2N3O6/c1-23(2,3)22(32)35-18-10-14(9-17(33-4)19(18)34-5)20(30)29-13-24(25,26)11-16(29)21(31)28-8-6-7-15(28)12-27/h9-10,15-16H,6-8,11,13H2,1-5H3/t15?,16-/m0/s1. The molecule has 35 heavy (non-hydrogen) atoms. The van der Waals surface area contributed by atoms with E-state index in [1.165, 1.54) is 31.3 Å². The molecule has 1 aromatic carbocycles. The topological polar surface area (TPSA) is 109 Å². The van der Waals surface area contributed by atoms with Crippen molar-refractivity contribution in [2.24, 2.45) is 5.41 Å². The van der Waals surface area contributed by atoms with Crippen molar-refractivity contribution in [2.45, 2.75) is 58.0 Å². The fourth-order valence-electron chi connectivity index (χ4n) is 4.15. The van der Waals surface area contributed by atoms with Gasteiger partial charge in [0.05, 0.1) is 32.2 Å². The van der Waals surface area contributed by atoms with E-state index in [4.69, 9.17) is 14.2 Å². The highest BCUT2D eigenvalue weighted by atomic mass is 19.3. The predicted molar refractivity (Wildman–Crippen MR) is 119 cm³/mol. The molecule has 2 saturated heterocycles. The summed E-state index contributed by atoms with van der Waals surface area (Å²) in [6, 6.07) is 2.36. The second kappa shape index (κ2) is 9.68. The number of nitriles is 1. The normalized spacial score (nSPS) is 21.4. The van der Waals surface area contributed by atoms with E-state index in [1.807, 2.05) is 6.07 Å². The quantitative estimate of drug-likeness (QED) is 0.458. The van der Waals surface area contributed by atoms with Crippen LogP contribution in [0.3, 0.4) is 0 Å². The molecule has 0 aromatic heterocycles. The summed E-state index contributed by atoms with van der Waals surface area (Å²) in [6.07, 6.45) is 0.196. The Bertz CT molecular complexity index is 1060. The minimum absolute atomic E-state index is 0.0491. The van der Waals surface area contributed by atoms with Gasteiger partial charge < -0.3 is 24.0 Å². The van der Waals surface area contributed by atoms with Gasteiger partial charge in [0, 0.05) is 18.5 Å². The highest BCUT2D eigenvalue weighted by Gasteiger charge is 2.52. The Hall–Kier alpha value is -3.42. The van der Waals surface area contributed by atoms with Crippen molar-refractivity contribution in [3.8, 4) is 23.3 Å². The van der Waals surface area contributed by atoms with E-state index in [0.29, 0.717) is 12.8 Å². The van der Waals surface area contributed by atoms with Crippen LogP contribution in [-0.4, -0.2) is 72.9 Å². The molecule has 190 valence electrons. The highest BCUT2D eigenvalue weighted by molar-refractivity contribution is 5.99. The van der Waals surface area contributed by atoms with Gasteiger partial charge in [-0.2, -0.15) is 5.26 Å². The van der Waals surface area contributed by atoms with E-state index >= 15 is 0 Å². The maximum Gasteiger partial charge on any atom is 0.316 e. The fraction of sp³-hybridized carbons (Fsp3) is 0.583. The number of esters is 1. The summed E-state index contributed by atoms with van der Waals surface area (Å²) in [4.78, 5) is 41.1. The molecule has 0 saturated carbocycles. The summed E-state index contributed by atoms with van der Waals surface area (Å²) in [5.41, 5.74) is -0.993. The van der Waals surface area contributed by atoms with Crippen LogP contribution < -0.4 is 14.2 Å². The van der Waals surface area contributed by atoms with E-state index in [9.17, 15) is 28.4 Å². The predicted octanol–water partition coefficient (Wildman–Crippen LogP) is 3.02. The maximum absolute atomic E-state index is 14.4. The lowest BCUT2D eigenvalue weighted by atomic mass is 9.97. The zero-order chi connectivity index (χ0) is 26.1. The molecule has 0 N–H and O–H groups in total. The number of ether oxygens (including phenoxy) is 3. The number of carbonyl (C=O) groups excluding carboxylic acids is 3. The average Bonchev–Trinajstić information content (AvgIpc) is 3.40. The Labute approximate surface area is 202 Å². The molecule has 0 radical (unpaired) electrons. The SMILES string of the molecule is COc1cc(C(=O)N2CC(F)(F)C[C@H]2C(=O)N2CCCC2C#N)cc(OC(=O)C(C)(C)C)c1OC. The van der Waals surface area contributed by atoms with Crippen molar-refractivity contribution in [3.63, 3.8) is 0 Å². The first-order valence-corrected chi connectivity index (χ1v) is 11.2. The number of benzene rings is 1. The first-order chi connectivity index (χ1) is 16.3. The zero-order valence-corrected chi connectivity index (χ0v) is 20.4. The lowest BCUT2D eigenvalue weighted by molar-refractivity contribution is -0.143. The minimum Gasteiger partial charge on any atom is -0.493 e. The monoisotopic (exact) mass is 493 g/mol. The van der Waals surface area contributed by atoms with Crippen LogP contribution in [0.25, 0.3) is 0 Å². The number of methoxy groups -OCH3 is 2. The minimum atomic E-state index is -3.28. The molecule has 0 aliphatic carbocycles. The van der Waals surface area contributed by atoms with Gasteiger partial charge in [-0.3, -0.25) is 14.4 Å². The molecule has 2 aliphatic heterocycles. The summed E-state index contributed by atoms with van der Waals surface area (Å²) in [7, 11) is 2.64. The average molecular weight is 494 g/mol. The molecule has 2 atom stereocenters. The van der Waals surface area contributed by atoms with E-state index < -0.39 is 54.2 Å². The van der Waals surface area contributed by atoms with Crippen molar-refractivity contribution < 1.29 is 37.4 Å². The van der Waals surface area contributed by atoms with Crippen molar-refractivity contribution in [1.29, 1.82) is 5.26 Å². The van der Waals surface area contributed by atoms with Crippen molar-refractivity contribution >= 4 is 17.8 Å². The maximum atomic E-state index is 14.4. The van der Waals surface area contributed by atoms with Gasteiger partial charge in [-0.05, 0) is 45.7 Å². The van der Waals surface area contributed by atoms with Gasteiger partial charge in [0.1, 0.15) is 12.1 Å². The summed E-state index contributed by atoms with van der Waals surface area (Å²) in [5.74, 6) is -5.45. The molecular weight excluding hydrogens is 464 g/mol. The van der Waals surface area contributed by atoms with Gasteiger partial charge in [0.2, 0.25) is 11.7 Å². The molecule has 2 aliphatic rings. The van der Waals surface area contributed by atoms with Crippen LogP contribution in [0.1, 0.15) is 50.4 Å². The third kappa shape index (κ3) is 5.31. The molecule has 11 heteroatoms. The number of carbonyl (C=O) groups is 3. The molecule has 9 nitrogen and oxygen atoms in total. The van der Waals surface area contributed by atoms with Crippen LogP contribution >= 0.6 is 0 Å². The Morgan fingerprint density at radius 3 is 2.34 bits per heavy atom. The number of amides is 2. The Balaban J connectivity index is 1.99. The number of alkyl halides is 2. The third-order valence-electron chi connectivity index (χ3n) is 6.01. The Kier molecular flexibility index (Phi) is 7.24. The summed E-state index contributed by atoms with van der Waals surface area (Å²) in [6.45, 7) is 4.24. The molecule has 1 aromatic rings. The van der Waals surface area contributed by atoms with E-state index in [2.05, 4.69) is 0 Å². The molecule has 1 unspecified atom stereocenters. The van der Waals surface area contributed by atoms with Crippen molar-refractivity contribution in [2.75, 3.05) is 27.3 Å². The van der Waals surface area contributed by atoms with E-state index in [0.717, 1.165) is 4.90 Å². The smallest absolute Gasteiger partial charge is 0.316 e. The number of halogens is 2. The van der Waals surface area contributed by atoms with E-state index in [-0.39, 0.29) is 29.4 Å². The number of rotatable bonds is 5. The van der Waals surface area contributed by atoms with Gasteiger partial charge >= 0.3 is 5.97 Å². The number of likely N-dealkylation sites (tertiary alicyclic amines) is 2. The van der Waals surface area contributed by atoms with Crippen LogP contribution in [0.2, 0.25) is 0 Å². The highest BCUT2D eigenvalue weighted by Crippen LogP contribution is 2.41. The molecule has 2 fully saturated rings. The Morgan fingerprint density at radius 1 is 1.11 bits per heavy atom. The number of hydrogen-bond acceptors (Lipinski definition) is 7. The first kappa shape index (κ1) is 26.2. The summed E-state index contributed by atoms with van der Waals surface area (Å²) in [5, 5.41) is 9.31. The van der Waals surface area contributed by atoms with Crippen LogP contribution in [-0.2, 0) is 9.59 Å². The van der Waals surface area contributed by atoms with Gasteiger partial charge in [-0.1, -0.05) is 0 Å². The second-order valence-electron chi connectivity index (χ2n) is 9.68. The molecular formula is C24H29F2N3O6.